The molecule has 0 amide bonds. The van der Waals surface area contributed by atoms with Crippen molar-refractivity contribution in [2.24, 2.45) is 11.8 Å². The Morgan fingerprint density at radius 1 is 1.05 bits per heavy atom. The first kappa shape index (κ1) is 19.2. The van der Waals surface area contributed by atoms with E-state index >= 15 is 0 Å². The standard InChI is InChI=1S/C20H34O2/c1-2-3-7-14-20(22)15-10-5-4-8-12-18-17-19(18)13-9-6-11-16-21/h4-5,10,15-16,18-20,22H,2-3,6-9,11-14,17H2,1H3/b5-4-,15-10+/t18-,19-,20?/m1/s1. The number of hydrogen-bond donors (Lipinski definition) is 1. The van der Waals surface area contributed by atoms with Crippen LogP contribution in [0.1, 0.15) is 77.6 Å². The smallest absolute Gasteiger partial charge is 0.119 e. The van der Waals surface area contributed by atoms with Crippen LogP contribution in [0.25, 0.3) is 0 Å². The third-order valence-electron chi connectivity index (χ3n) is 4.60. The predicted molar refractivity (Wildman–Crippen MR) is 93.8 cm³/mol. The van der Waals surface area contributed by atoms with Gasteiger partial charge in [0.15, 0.2) is 0 Å². The Morgan fingerprint density at radius 3 is 2.64 bits per heavy atom. The lowest BCUT2D eigenvalue weighted by Gasteiger charge is -2.03. The summed E-state index contributed by atoms with van der Waals surface area (Å²) in [7, 11) is 0. The molecule has 0 aromatic rings. The molecular formula is C20H34O2. The van der Waals surface area contributed by atoms with Crippen LogP contribution in [0.3, 0.4) is 0 Å². The number of rotatable bonds is 14. The van der Waals surface area contributed by atoms with Crippen LogP contribution in [0.2, 0.25) is 0 Å². The summed E-state index contributed by atoms with van der Waals surface area (Å²) in [6, 6.07) is 0. The van der Waals surface area contributed by atoms with Gasteiger partial charge in [-0.05, 0) is 43.9 Å². The number of unbranched alkanes of at least 4 members (excludes halogenated alkanes) is 4. The minimum Gasteiger partial charge on any atom is -0.389 e. The van der Waals surface area contributed by atoms with Crippen LogP contribution in [0.15, 0.2) is 24.3 Å². The summed E-state index contributed by atoms with van der Waals surface area (Å²) in [4.78, 5) is 10.2. The molecule has 1 fully saturated rings. The Labute approximate surface area is 136 Å². The SMILES string of the molecule is CCCCCC(O)/C=C/C=C\CC[C@@H]1C[C@H]1CCCCC=O. The van der Waals surface area contributed by atoms with Gasteiger partial charge in [0.1, 0.15) is 6.29 Å². The zero-order valence-corrected chi connectivity index (χ0v) is 14.3. The van der Waals surface area contributed by atoms with Crippen molar-refractivity contribution >= 4 is 6.29 Å². The number of allylic oxidation sites excluding steroid dienone is 3. The Hall–Kier alpha value is -0.890. The molecule has 22 heavy (non-hydrogen) atoms. The van der Waals surface area contributed by atoms with E-state index in [2.05, 4.69) is 19.1 Å². The number of hydrogen-bond acceptors (Lipinski definition) is 2. The fourth-order valence-corrected chi connectivity index (χ4v) is 3.03. The minimum absolute atomic E-state index is 0.282. The van der Waals surface area contributed by atoms with Crippen molar-refractivity contribution < 1.29 is 9.90 Å². The summed E-state index contributed by atoms with van der Waals surface area (Å²) in [6.45, 7) is 2.18. The number of carbonyl (C=O) groups is 1. The fourth-order valence-electron chi connectivity index (χ4n) is 3.03. The highest BCUT2D eigenvalue weighted by Crippen LogP contribution is 2.45. The van der Waals surface area contributed by atoms with E-state index in [0.717, 1.165) is 50.2 Å². The molecule has 0 saturated heterocycles. The third kappa shape index (κ3) is 9.94. The molecule has 1 rings (SSSR count). The van der Waals surface area contributed by atoms with Crippen LogP contribution >= 0.6 is 0 Å². The van der Waals surface area contributed by atoms with Crippen molar-refractivity contribution in [2.75, 3.05) is 0 Å². The van der Waals surface area contributed by atoms with Gasteiger partial charge in [-0.1, -0.05) is 63.3 Å². The molecule has 0 spiro atoms. The third-order valence-corrected chi connectivity index (χ3v) is 4.60. The van der Waals surface area contributed by atoms with Crippen LogP contribution in [0.5, 0.6) is 0 Å². The summed E-state index contributed by atoms with van der Waals surface area (Å²) >= 11 is 0. The first-order chi connectivity index (χ1) is 10.8. The summed E-state index contributed by atoms with van der Waals surface area (Å²) in [5.74, 6) is 1.85. The second kappa shape index (κ2) is 12.6. The number of aliphatic hydroxyl groups is 1. The van der Waals surface area contributed by atoms with Gasteiger partial charge < -0.3 is 9.90 Å². The van der Waals surface area contributed by atoms with Crippen molar-refractivity contribution in [3.8, 4) is 0 Å². The molecule has 0 aliphatic heterocycles. The topological polar surface area (TPSA) is 37.3 Å². The Balaban J connectivity index is 1.95. The van der Waals surface area contributed by atoms with Crippen molar-refractivity contribution in [3.05, 3.63) is 24.3 Å². The van der Waals surface area contributed by atoms with E-state index < -0.39 is 0 Å². The Bertz CT molecular complexity index is 333. The van der Waals surface area contributed by atoms with Crippen LogP contribution < -0.4 is 0 Å². The average Bonchev–Trinajstić information content (AvgIpc) is 3.26. The van der Waals surface area contributed by atoms with Gasteiger partial charge in [0.25, 0.3) is 0 Å². The van der Waals surface area contributed by atoms with E-state index in [1.165, 1.54) is 38.5 Å². The molecule has 0 heterocycles. The van der Waals surface area contributed by atoms with Gasteiger partial charge in [0, 0.05) is 6.42 Å². The normalized spacial score (nSPS) is 22.5. The lowest BCUT2D eigenvalue weighted by molar-refractivity contribution is -0.107. The van der Waals surface area contributed by atoms with E-state index in [4.69, 9.17) is 0 Å². The molecule has 0 aromatic heterocycles. The number of carbonyl (C=O) groups excluding carboxylic acids is 1. The zero-order chi connectivity index (χ0) is 16.0. The highest BCUT2D eigenvalue weighted by Gasteiger charge is 2.34. The lowest BCUT2D eigenvalue weighted by Crippen LogP contribution is -2.00. The molecule has 0 radical (unpaired) electrons. The average molecular weight is 306 g/mol. The largest absolute Gasteiger partial charge is 0.389 e. The van der Waals surface area contributed by atoms with Gasteiger partial charge in [0.2, 0.25) is 0 Å². The molecule has 0 aromatic carbocycles. The maximum atomic E-state index is 10.2. The molecule has 3 atom stereocenters. The van der Waals surface area contributed by atoms with Gasteiger partial charge in [-0.15, -0.1) is 0 Å². The Kier molecular flexibility index (Phi) is 11.0. The second-order valence-corrected chi connectivity index (χ2v) is 6.66. The second-order valence-electron chi connectivity index (χ2n) is 6.66. The summed E-state index contributed by atoms with van der Waals surface area (Å²) < 4.78 is 0. The summed E-state index contributed by atoms with van der Waals surface area (Å²) in [6.07, 6.45) is 21.5. The summed E-state index contributed by atoms with van der Waals surface area (Å²) in [5, 5.41) is 9.74. The van der Waals surface area contributed by atoms with E-state index in [1.54, 1.807) is 0 Å². The van der Waals surface area contributed by atoms with Crippen molar-refractivity contribution in [2.45, 2.75) is 83.7 Å². The van der Waals surface area contributed by atoms with Crippen molar-refractivity contribution in [3.63, 3.8) is 0 Å². The fraction of sp³-hybridized carbons (Fsp3) is 0.750. The molecule has 1 unspecified atom stereocenters. The van der Waals surface area contributed by atoms with E-state index in [1.807, 2.05) is 12.2 Å². The van der Waals surface area contributed by atoms with Gasteiger partial charge >= 0.3 is 0 Å². The Morgan fingerprint density at radius 2 is 1.86 bits per heavy atom. The monoisotopic (exact) mass is 306 g/mol. The predicted octanol–water partition coefficient (Wildman–Crippen LogP) is 5.22. The molecule has 1 aliphatic carbocycles. The molecular weight excluding hydrogens is 272 g/mol. The van der Waals surface area contributed by atoms with E-state index in [0.29, 0.717) is 0 Å². The van der Waals surface area contributed by atoms with Crippen LogP contribution in [0.4, 0.5) is 0 Å². The van der Waals surface area contributed by atoms with E-state index in [9.17, 15) is 9.90 Å². The van der Waals surface area contributed by atoms with Crippen LogP contribution in [0, 0.1) is 11.8 Å². The van der Waals surface area contributed by atoms with Crippen molar-refractivity contribution in [1.29, 1.82) is 0 Å². The number of aliphatic hydroxyl groups excluding tert-OH is 1. The van der Waals surface area contributed by atoms with Gasteiger partial charge in [-0.3, -0.25) is 0 Å². The molecule has 1 aliphatic rings. The summed E-state index contributed by atoms with van der Waals surface area (Å²) in [5.41, 5.74) is 0. The zero-order valence-electron chi connectivity index (χ0n) is 14.3. The highest BCUT2D eigenvalue weighted by molar-refractivity contribution is 5.48. The van der Waals surface area contributed by atoms with Crippen LogP contribution in [-0.4, -0.2) is 17.5 Å². The maximum Gasteiger partial charge on any atom is 0.119 e. The molecule has 0 bridgehead atoms. The first-order valence-corrected chi connectivity index (χ1v) is 9.23. The quantitative estimate of drug-likeness (QED) is 0.271. The first-order valence-electron chi connectivity index (χ1n) is 9.23. The van der Waals surface area contributed by atoms with Crippen molar-refractivity contribution in [1.82, 2.24) is 0 Å². The molecule has 2 heteroatoms. The molecule has 2 nitrogen and oxygen atoms in total. The van der Waals surface area contributed by atoms with Gasteiger partial charge in [0.05, 0.1) is 6.10 Å². The van der Waals surface area contributed by atoms with Gasteiger partial charge in [-0.2, -0.15) is 0 Å². The van der Waals surface area contributed by atoms with Gasteiger partial charge in [-0.25, -0.2) is 0 Å². The molecule has 1 saturated carbocycles. The van der Waals surface area contributed by atoms with E-state index in [-0.39, 0.29) is 6.10 Å². The highest BCUT2D eigenvalue weighted by atomic mass is 16.3. The molecule has 1 N–H and O–H groups in total. The number of aldehydes is 1. The molecule has 126 valence electrons. The maximum absolute atomic E-state index is 10.2. The van der Waals surface area contributed by atoms with Crippen LogP contribution in [-0.2, 0) is 4.79 Å². The lowest BCUT2D eigenvalue weighted by atomic mass is 10.1. The minimum atomic E-state index is -0.282.